The minimum absolute atomic E-state index is 0.0591. The number of carbonyl (C=O) groups is 1. The molecule has 1 aromatic heterocycles. The van der Waals surface area contributed by atoms with Crippen LogP contribution >= 0.6 is 27.5 Å². The van der Waals surface area contributed by atoms with Gasteiger partial charge in [0.25, 0.3) is 5.91 Å². The maximum atomic E-state index is 13.7. The van der Waals surface area contributed by atoms with Crippen molar-refractivity contribution in [3.8, 4) is 5.75 Å². The van der Waals surface area contributed by atoms with Crippen molar-refractivity contribution in [1.29, 1.82) is 0 Å². The standard InChI is InChI=1S/C27H19BrClNO4/c1-2-13-33-19-10-7-16(8-11-19)24-23-25(31)20-14-18(28)9-12-22(20)34-26(23)27(32)30(24)15-17-5-3-4-6-21(17)29/h2-12,14,24H,1,13,15H2. The van der Waals surface area contributed by atoms with E-state index in [1.54, 1.807) is 35.2 Å². The van der Waals surface area contributed by atoms with Crippen molar-refractivity contribution >= 4 is 44.4 Å². The predicted molar refractivity (Wildman–Crippen MR) is 135 cm³/mol. The summed E-state index contributed by atoms with van der Waals surface area (Å²) in [4.78, 5) is 28.9. The zero-order chi connectivity index (χ0) is 23.8. The second-order valence-electron chi connectivity index (χ2n) is 7.91. The van der Waals surface area contributed by atoms with E-state index in [1.807, 2.05) is 42.5 Å². The van der Waals surface area contributed by atoms with Crippen LogP contribution in [0.5, 0.6) is 5.75 Å². The van der Waals surface area contributed by atoms with Crippen molar-refractivity contribution in [3.05, 3.63) is 122 Å². The summed E-state index contributed by atoms with van der Waals surface area (Å²) in [6.07, 6.45) is 1.67. The van der Waals surface area contributed by atoms with E-state index in [9.17, 15) is 9.59 Å². The zero-order valence-electron chi connectivity index (χ0n) is 18.0. The number of hydrogen-bond donors (Lipinski definition) is 0. The summed E-state index contributed by atoms with van der Waals surface area (Å²) in [5.74, 6) is 0.373. The van der Waals surface area contributed by atoms with Crippen molar-refractivity contribution < 1.29 is 13.9 Å². The SMILES string of the molecule is C=CCOc1ccc(C2c3c(oc4ccc(Br)cc4c3=O)C(=O)N2Cc2ccccc2Cl)cc1. The molecule has 5 rings (SSSR count). The van der Waals surface area contributed by atoms with Gasteiger partial charge in [0.05, 0.1) is 17.0 Å². The van der Waals surface area contributed by atoms with Crippen molar-refractivity contribution in [2.45, 2.75) is 12.6 Å². The molecule has 0 saturated carbocycles. The molecule has 1 aliphatic rings. The minimum Gasteiger partial charge on any atom is -0.490 e. The minimum atomic E-state index is -0.633. The van der Waals surface area contributed by atoms with E-state index in [-0.39, 0.29) is 23.6 Å². The number of rotatable bonds is 6. The average Bonchev–Trinajstić information content (AvgIpc) is 3.12. The Morgan fingerprint density at radius 1 is 1.09 bits per heavy atom. The molecule has 0 spiro atoms. The second kappa shape index (κ2) is 9.12. The first-order valence-corrected chi connectivity index (χ1v) is 11.8. The van der Waals surface area contributed by atoms with E-state index < -0.39 is 6.04 Å². The van der Waals surface area contributed by atoms with Crippen LogP contribution in [0, 0.1) is 0 Å². The van der Waals surface area contributed by atoms with Gasteiger partial charge in [-0.2, -0.15) is 0 Å². The molecule has 4 aromatic rings. The summed E-state index contributed by atoms with van der Waals surface area (Å²) in [5, 5.41) is 0.961. The summed E-state index contributed by atoms with van der Waals surface area (Å²) < 4.78 is 12.3. The molecule has 0 bridgehead atoms. The van der Waals surface area contributed by atoms with Crippen LogP contribution < -0.4 is 10.2 Å². The molecule has 1 unspecified atom stereocenters. The molecule has 2 heterocycles. The average molecular weight is 537 g/mol. The van der Waals surface area contributed by atoms with Gasteiger partial charge in [-0.3, -0.25) is 9.59 Å². The van der Waals surface area contributed by atoms with Gasteiger partial charge in [-0.05, 0) is 47.5 Å². The van der Waals surface area contributed by atoms with Crippen LogP contribution in [-0.2, 0) is 6.54 Å². The van der Waals surface area contributed by atoms with Gasteiger partial charge in [-0.15, -0.1) is 0 Å². The number of fused-ring (bicyclic) bond motifs is 2. The maximum Gasteiger partial charge on any atom is 0.291 e. The third-order valence-electron chi connectivity index (χ3n) is 5.79. The highest BCUT2D eigenvalue weighted by atomic mass is 79.9. The van der Waals surface area contributed by atoms with Gasteiger partial charge >= 0.3 is 0 Å². The molecule has 5 nitrogen and oxygen atoms in total. The van der Waals surface area contributed by atoms with Gasteiger partial charge in [-0.1, -0.05) is 70.5 Å². The fraction of sp³-hybridized carbons (Fsp3) is 0.111. The smallest absolute Gasteiger partial charge is 0.291 e. The molecule has 3 aromatic carbocycles. The lowest BCUT2D eigenvalue weighted by Crippen LogP contribution is -2.29. The second-order valence-corrected chi connectivity index (χ2v) is 9.23. The Balaban J connectivity index is 1.67. The first-order chi connectivity index (χ1) is 16.5. The number of ether oxygens (including phenoxy) is 1. The molecule has 1 atom stereocenters. The molecule has 0 N–H and O–H groups in total. The van der Waals surface area contributed by atoms with Crippen LogP contribution in [0.15, 0.2) is 93.1 Å². The van der Waals surface area contributed by atoms with Crippen LogP contribution in [0.4, 0.5) is 0 Å². The van der Waals surface area contributed by atoms with Gasteiger partial charge in [0, 0.05) is 16.0 Å². The molecule has 1 amide bonds. The van der Waals surface area contributed by atoms with E-state index in [0.717, 1.165) is 15.6 Å². The Morgan fingerprint density at radius 2 is 1.85 bits per heavy atom. The Hall–Kier alpha value is -3.35. The Labute approximate surface area is 209 Å². The number of halogens is 2. The quantitative estimate of drug-likeness (QED) is 0.263. The Bertz CT molecular complexity index is 1480. The van der Waals surface area contributed by atoms with Gasteiger partial charge in [0.2, 0.25) is 5.76 Å². The van der Waals surface area contributed by atoms with E-state index in [1.165, 1.54) is 0 Å². The Kier molecular flexibility index (Phi) is 6.02. The molecule has 0 aliphatic carbocycles. The first kappa shape index (κ1) is 22.4. The lowest BCUT2D eigenvalue weighted by atomic mass is 9.98. The molecule has 0 fully saturated rings. The molecule has 170 valence electrons. The number of nitrogens with zero attached hydrogens (tertiary/aromatic N) is 1. The Morgan fingerprint density at radius 3 is 2.59 bits per heavy atom. The third-order valence-corrected chi connectivity index (χ3v) is 6.65. The summed E-state index contributed by atoms with van der Waals surface area (Å²) >= 11 is 9.82. The number of amides is 1. The van der Waals surface area contributed by atoms with Crippen LogP contribution in [0.25, 0.3) is 11.0 Å². The van der Waals surface area contributed by atoms with Crippen molar-refractivity contribution in [2.24, 2.45) is 0 Å². The highest BCUT2D eigenvalue weighted by Crippen LogP contribution is 2.40. The third kappa shape index (κ3) is 3.93. The molecule has 7 heteroatoms. The molecule has 34 heavy (non-hydrogen) atoms. The summed E-state index contributed by atoms with van der Waals surface area (Å²) in [6.45, 7) is 4.26. The largest absolute Gasteiger partial charge is 0.490 e. The van der Waals surface area contributed by atoms with Crippen LogP contribution in [-0.4, -0.2) is 17.4 Å². The topological polar surface area (TPSA) is 59.8 Å². The number of hydrogen-bond acceptors (Lipinski definition) is 4. The van der Waals surface area contributed by atoms with Crippen LogP contribution in [0.2, 0.25) is 5.02 Å². The molecular weight excluding hydrogens is 518 g/mol. The van der Waals surface area contributed by atoms with E-state index in [0.29, 0.717) is 33.9 Å². The van der Waals surface area contributed by atoms with Crippen molar-refractivity contribution in [1.82, 2.24) is 4.90 Å². The number of carbonyl (C=O) groups excluding carboxylic acids is 1. The van der Waals surface area contributed by atoms with Gasteiger partial charge in [0.15, 0.2) is 5.43 Å². The zero-order valence-corrected chi connectivity index (χ0v) is 20.3. The number of benzene rings is 3. The summed E-state index contributed by atoms with van der Waals surface area (Å²) in [7, 11) is 0. The van der Waals surface area contributed by atoms with Gasteiger partial charge in [-0.25, -0.2) is 0 Å². The highest BCUT2D eigenvalue weighted by Gasteiger charge is 2.42. The van der Waals surface area contributed by atoms with E-state index in [4.69, 9.17) is 20.8 Å². The van der Waals surface area contributed by atoms with Crippen LogP contribution in [0.3, 0.4) is 0 Å². The summed E-state index contributed by atoms with van der Waals surface area (Å²) in [6, 6.07) is 19.2. The highest BCUT2D eigenvalue weighted by molar-refractivity contribution is 9.10. The molecule has 0 radical (unpaired) electrons. The molecule has 0 saturated heterocycles. The van der Waals surface area contributed by atoms with E-state index in [2.05, 4.69) is 22.5 Å². The maximum absolute atomic E-state index is 13.7. The van der Waals surface area contributed by atoms with Crippen molar-refractivity contribution in [3.63, 3.8) is 0 Å². The fourth-order valence-corrected chi connectivity index (χ4v) is 4.77. The lowest BCUT2D eigenvalue weighted by Gasteiger charge is -2.25. The summed E-state index contributed by atoms with van der Waals surface area (Å²) in [5.41, 5.74) is 2.01. The first-order valence-electron chi connectivity index (χ1n) is 10.6. The van der Waals surface area contributed by atoms with Gasteiger partial charge < -0.3 is 14.1 Å². The monoisotopic (exact) mass is 535 g/mol. The van der Waals surface area contributed by atoms with Crippen molar-refractivity contribution in [2.75, 3.05) is 6.61 Å². The molecular formula is C27H19BrClNO4. The molecule has 1 aliphatic heterocycles. The van der Waals surface area contributed by atoms with Gasteiger partial charge in [0.1, 0.15) is 17.9 Å². The van der Waals surface area contributed by atoms with E-state index >= 15 is 0 Å². The normalized spacial score (nSPS) is 14.9. The lowest BCUT2D eigenvalue weighted by molar-refractivity contribution is 0.0714. The fourth-order valence-electron chi connectivity index (χ4n) is 4.21. The predicted octanol–water partition coefficient (Wildman–Crippen LogP) is 6.52. The van der Waals surface area contributed by atoms with Crippen LogP contribution in [0.1, 0.15) is 33.3 Å².